The number of hydrogen-bond acceptors (Lipinski definition) is 2. The average molecular weight is 120 g/mol. The molecule has 0 rings (SSSR count). The second-order valence-electron chi connectivity index (χ2n) is 2.43. The minimum Gasteiger partial charge on any atom is -0.237 e. The molecule has 2 nitrogen and oxygen atoms in total. The lowest BCUT2D eigenvalue weighted by atomic mass is 10.3. The van der Waals surface area contributed by atoms with Gasteiger partial charge in [0.1, 0.15) is 0 Å². The Balaban J connectivity index is 4.08. The molecule has 0 saturated carbocycles. The zero-order valence-electron chi connectivity index (χ0n) is 4.76. The molecule has 0 unspecified atom stereocenters. The van der Waals surface area contributed by atoms with Gasteiger partial charge in [-0.15, -0.1) is 0 Å². The second kappa shape index (κ2) is 1.79. The van der Waals surface area contributed by atoms with Crippen LogP contribution in [0.3, 0.4) is 0 Å². The Morgan fingerprint density at radius 1 is 1.14 bits per heavy atom. The minimum atomic E-state index is -2.24. The fourth-order valence-electron chi connectivity index (χ4n) is 0. The van der Waals surface area contributed by atoms with Crippen LogP contribution in [0.1, 0.15) is 20.8 Å². The summed E-state index contributed by atoms with van der Waals surface area (Å²) < 4.78 is 20.1. The highest BCUT2D eigenvalue weighted by atomic mass is 31.1. The van der Waals surface area contributed by atoms with Crippen molar-refractivity contribution in [2.45, 2.75) is 25.9 Å². The molecule has 3 heteroatoms. The molecule has 7 heavy (non-hydrogen) atoms. The smallest absolute Gasteiger partial charge is 0.237 e. The molecular formula is C4H9O2P. The molecule has 0 fully saturated rings. The van der Waals surface area contributed by atoms with Gasteiger partial charge in [-0.2, -0.15) is 0 Å². The highest BCUT2D eigenvalue weighted by molar-refractivity contribution is 7.32. The zero-order valence-corrected chi connectivity index (χ0v) is 5.66. The summed E-state index contributed by atoms with van der Waals surface area (Å²) >= 11 is 0. The van der Waals surface area contributed by atoms with Crippen LogP contribution in [-0.2, 0) is 9.13 Å². The lowest BCUT2D eigenvalue weighted by Crippen LogP contribution is -2.02. The van der Waals surface area contributed by atoms with E-state index in [0.717, 1.165) is 0 Å². The van der Waals surface area contributed by atoms with Gasteiger partial charge in [-0.1, -0.05) is 0 Å². The molecule has 0 aromatic rings. The fourth-order valence-corrected chi connectivity index (χ4v) is 0. The van der Waals surface area contributed by atoms with Gasteiger partial charge in [0, 0.05) is 0 Å². The van der Waals surface area contributed by atoms with E-state index in [1.54, 1.807) is 20.8 Å². The molecule has 0 aliphatic carbocycles. The molecule has 0 aliphatic rings. The minimum absolute atomic E-state index is 0.546. The van der Waals surface area contributed by atoms with Gasteiger partial charge in [0.15, 0.2) is 0 Å². The van der Waals surface area contributed by atoms with E-state index in [-0.39, 0.29) is 0 Å². The molecule has 0 heterocycles. The van der Waals surface area contributed by atoms with Gasteiger partial charge < -0.3 is 0 Å². The van der Waals surface area contributed by atoms with Crippen molar-refractivity contribution in [2.75, 3.05) is 0 Å². The van der Waals surface area contributed by atoms with Crippen molar-refractivity contribution in [2.24, 2.45) is 0 Å². The Kier molecular flexibility index (Phi) is 1.76. The van der Waals surface area contributed by atoms with E-state index in [0.29, 0.717) is 0 Å². The Hall–Kier alpha value is -0.100. The third-order valence-electron chi connectivity index (χ3n) is 0.548. The summed E-state index contributed by atoms with van der Waals surface area (Å²) in [4.78, 5) is 0. The first-order valence-electron chi connectivity index (χ1n) is 2.09. The Morgan fingerprint density at radius 3 is 1.29 bits per heavy atom. The Labute approximate surface area is 43.7 Å². The quantitative estimate of drug-likeness (QED) is 0.458. The molecular weight excluding hydrogens is 111 g/mol. The van der Waals surface area contributed by atoms with Gasteiger partial charge in [0.2, 0.25) is 0 Å². The largest absolute Gasteiger partial charge is 0.321 e. The molecule has 0 saturated heterocycles. The zero-order chi connectivity index (χ0) is 6.08. The van der Waals surface area contributed by atoms with Crippen LogP contribution in [0.25, 0.3) is 0 Å². The summed E-state index contributed by atoms with van der Waals surface area (Å²) in [6.45, 7) is 5.00. The number of rotatable bonds is 0. The standard InChI is InChI=1S/C4H9O2P/c1-4(2,3)7(5)6/h1-3H3. The van der Waals surface area contributed by atoms with E-state index in [4.69, 9.17) is 0 Å². The summed E-state index contributed by atoms with van der Waals surface area (Å²) in [7, 11) is -2.24. The fraction of sp³-hybridized carbons (Fsp3) is 1.00. The third-order valence-corrected chi connectivity index (χ3v) is 1.64. The maximum absolute atomic E-state index is 10.1. The first-order valence-corrected chi connectivity index (χ1v) is 3.27. The van der Waals surface area contributed by atoms with E-state index in [9.17, 15) is 9.13 Å². The van der Waals surface area contributed by atoms with Gasteiger partial charge in [-0.05, 0) is 20.8 Å². The monoisotopic (exact) mass is 120 g/mol. The lowest BCUT2D eigenvalue weighted by molar-refractivity contribution is 0.491. The third kappa shape index (κ3) is 2.58. The van der Waals surface area contributed by atoms with Crippen molar-refractivity contribution in [3.63, 3.8) is 0 Å². The van der Waals surface area contributed by atoms with Crippen molar-refractivity contribution < 1.29 is 9.13 Å². The van der Waals surface area contributed by atoms with Crippen molar-refractivity contribution in [3.05, 3.63) is 0 Å². The van der Waals surface area contributed by atoms with Crippen LogP contribution in [0, 0.1) is 0 Å². The maximum Gasteiger partial charge on any atom is 0.321 e. The first kappa shape index (κ1) is 6.90. The van der Waals surface area contributed by atoms with Crippen molar-refractivity contribution >= 4 is 7.68 Å². The Morgan fingerprint density at radius 2 is 1.29 bits per heavy atom. The van der Waals surface area contributed by atoms with Gasteiger partial charge >= 0.3 is 7.68 Å². The van der Waals surface area contributed by atoms with Crippen LogP contribution in [0.4, 0.5) is 0 Å². The van der Waals surface area contributed by atoms with E-state index in [1.165, 1.54) is 0 Å². The molecule has 0 bridgehead atoms. The predicted octanol–water partition coefficient (Wildman–Crippen LogP) is 1.96. The summed E-state index contributed by atoms with van der Waals surface area (Å²) in [5, 5.41) is -0.546. The molecule has 0 radical (unpaired) electrons. The molecule has 0 N–H and O–H groups in total. The Bertz CT molecular complexity index is 110. The van der Waals surface area contributed by atoms with E-state index in [1.807, 2.05) is 0 Å². The highest BCUT2D eigenvalue weighted by Gasteiger charge is 2.15. The maximum atomic E-state index is 10.1. The van der Waals surface area contributed by atoms with E-state index in [2.05, 4.69) is 0 Å². The van der Waals surface area contributed by atoms with Gasteiger partial charge in [0.05, 0.1) is 5.16 Å². The molecule has 0 aromatic carbocycles. The molecule has 0 aromatic heterocycles. The van der Waals surface area contributed by atoms with Crippen LogP contribution >= 0.6 is 7.68 Å². The molecule has 0 spiro atoms. The first-order chi connectivity index (χ1) is 2.94. The molecule has 0 atom stereocenters. The van der Waals surface area contributed by atoms with Crippen molar-refractivity contribution in [1.82, 2.24) is 0 Å². The van der Waals surface area contributed by atoms with Crippen LogP contribution in [0.2, 0.25) is 0 Å². The highest BCUT2D eigenvalue weighted by Crippen LogP contribution is 2.25. The summed E-state index contributed by atoms with van der Waals surface area (Å²) in [5.74, 6) is 0. The molecule has 42 valence electrons. The van der Waals surface area contributed by atoms with Crippen LogP contribution in [-0.4, -0.2) is 5.16 Å². The second-order valence-corrected chi connectivity index (χ2v) is 4.28. The normalized spacial score (nSPS) is 11.3. The summed E-state index contributed by atoms with van der Waals surface area (Å²) in [5.41, 5.74) is 0. The van der Waals surface area contributed by atoms with Gasteiger partial charge in [-0.25, -0.2) is 9.13 Å². The van der Waals surface area contributed by atoms with Crippen molar-refractivity contribution in [3.8, 4) is 0 Å². The van der Waals surface area contributed by atoms with Crippen LogP contribution < -0.4 is 0 Å². The SMILES string of the molecule is CC(C)(C)P(=O)=O. The number of hydrogen-bond donors (Lipinski definition) is 0. The van der Waals surface area contributed by atoms with Crippen LogP contribution in [0.5, 0.6) is 0 Å². The van der Waals surface area contributed by atoms with E-state index < -0.39 is 12.8 Å². The average Bonchev–Trinajstić information content (AvgIpc) is 1.31. The van der Waals surface area contributed by atoms with Gasteiger partial charge in [0.25, 0.3) is 0 Å². The predicted molar refractivity (Wildman–Crippen MR) is 28.0 cm³/mol. The van der Waals surface area contributed by atoms with Gasteiger partial charge in [-0.3, -0.25) is 0 Å². The summed E-state index contributed by atoms with van der Waals surface area (Å²) in [6, 6.07) is 0. The van der Waals surface area contributed by atoms with Crippen LogP contribution in [0.15, 0.2) is 0 Å². The summed E-state index contributed by atoms with van der Waals surface area (Å²) in [6.07, 6.45) is 0. The van der Waals surface area contributed by atoms with Crippen molar-refractivity contribution in [1.29, 1.82) is 0 Å². The molecule has 0 aliphatic heterocycles. The van der Waals surface area contributed by atoms with E-state index >= 15 is 0 Å². The lowest BCUT2D eigenvalue weighted by Gasteiger charge is -2.01. The molecule has 0 amide bonds. The topological polar surface area (TPSA) is 34.1 Å².